The minimum absolute atomic E-state index is 0.130. The molecule has 0 radical (unpaired) electrons. The monoisotopic (exact) mass is 773 g/mol. The molecule has 0 heterocycles. The third-order valence-electron chi connectivity index (χ3n) is 14.3. The van der Waals surface area contributed by atoms with Gasteiger partial charge < -0.3 is 4.90 Å². The summed E-state index contributed by atoms with van der Waals surface area (Å²) in [5.41, 5.74) is 22.5. The zero-order chi connectivity index (χ0) is 41.2. The van der Waals surface area contributed by atoms with Gasteiger partial charge in [-0.3, -0.25) is 0 Å². The number of fused-ring (bicyclic) bond motifs is 9. The van der Waals surface area contributed by atoms with E-state index < -0.39 is 5.41 Å². The van der Waals surface area contributed by atoms with E-state index in [9.17, 15) is 0 Å². The molecule has 0 fully saturated rings. The molecule has 1 nitrogen and oxygen atoms in total. The summed E-state index contributed by atoms with van der Waals surface area (Å²) < 4.78 is 0. The average molecular weight is 774 g/mol. The third-order valence-corrected chi connectivity index (χ3v) is 14.3. The first kappa shape index (κ1) is 36.6. The molecule has 1 heteroatoms. The number of benzene rings is 8. The number of rotatable bonds is 5. The molecule has 0 N–H and O–H groups in total. The Hall–Kier alpha value is -6.44. The summed E-state index contributed by atoms with van der Waals surface area (Å²) in [6.45, 7) is 16.6. The molecule has 8 aromatic carbocycles. The minimum Gasteiger partial charge on any atom is -0.310 e. The lowest BCUT2D eigenvalue weighted by atomic mass is 9.66. The highest BCUT2D eigenvalue weighted by atomic mass is 15.1. The van der Waals surface area contributed by atoms with Gasteiger partial charge in [0.05, 0.1) is 5.41 Å². The van der Waals surface area contributed by atoms with E-state index in [0.29, 0.717) is 0 Å². The van der Waals surface area contributed by atoms with Gasteiger partial charge >= 0.3 is 0 Å². The van der Waals surface area contributed by atoms with Crippen molar-refractivity contribution in [3.05, 3.63) is 232 Å². The Bertz CT molecular complexity index is 2870. The minimum atomic E-state index is -0.529. The molecule has 292 valence electrons. The van der Waals surface area contributed by atoms with Crippen LogP contribution in [0.3, 0.4) is 0 Å². The molecule has 0 bridgehead atoms. The van der Waals surface area contributed by atoms with Crippen LogP contribution in [-0.2, 0) is 21.7 Å². The van der Waals surface area contributed by atoms with Gasteiger partial charge in [0.1, 0.15) is 0 Å². The molecular weight excluding hydrogens is 723 g/mol. The smallest absolute Gasteiger partial charge is 0.0714 e. The fourth-order valence-electron chi connectivity index (χ4n) is 11.2. The normalized spacial score (nSPS) is 15.7. The van der Waals surface area contributed by atoms with E-state index in [0.717, 1.165) is 5.69 Å². The standard InChI is InChI=1S/C59H51N/c1-56(2,3)39-33-40(59(38-19-9-8-10-20-38)52-27-17-13-23-46(52)47-24-14-18-28-53(47)59)35-43(34-39)60(41-29-31-48-44-21-11-15-25-50(44)57(4,5)54(48)36-41)42-30-32-49-45-22-12-16-26-51(45)58(6,7)55(49)37-42/h8-37H,1-7H3. The molecule has 11 rings (SSSR count). The highest BCUT2D eigenvalue weighted by Gasteiger charge is 2.47. The molecule has 8 aromatic rings. The molecule has 0 saturated carbocycles. The van der Waals surface area contributed by atoms with E-state index >= 15 is 0 Å². The van der Waals surface area contributed by atoms with E-state index in [-0.39, 0.29) is 16.2 Å². The van der Waals surface area contributed by atoms with Gasteiger partial charge in [-0.1, -0.05) is 194 Å². The topological polar surface area (TPSA) is 3.24 Å². The van der Waals surface area contributed by atoms with E-state index in [1.54, 1.807) is 0 Å². The van der Waals surface area contributed by atoms with Crippen molar-refractivity contribution in [3.63, 3.8) is 0 Å². The summed E-state index contributed by atoms with van der Waals surface area (Å²) in [6, 6.07) is 69.3. The van der Waals surface area contributed by atoms with Crippen molar-refractivity contribution in [3.8, 4) is 33.4 Å². The van der Waals surface area contributed by atoms with Gasteiger partial charge in [-0.05, 0) is 125 Å². The van der Waals surface area contributed by atoms with E-state index in [1.807, 2.05) is 0 Å². The van der Waals surface area contributed by atoms with Gasteiger partial charge in [-0.25, -0.2) is 0 Å². The maximum Gasteiger partial charge on any atom is 0.0714 e. The largest absolute Gasteiger partial charge is 0.310 e. The second-order valence-corrected chi connectivity index (χ2v) is 19.4. The van der Waals surface area contributed by atoms with Gasteiger partial charge in [0.15, 0.2) is 0 Å². The lowest BCUT2D eigenvalue weighted by Gasteiger charge is -2.37. The maximum atomic E-state index is 2.56. The fourth-order valence-corrected chi connectivity index (χ4v) is 11.2. The summed E-state index contributed by atoms with van der Waals surface area (Å²) in [5.74, 6) is 0. The Morgan fingerprint density at radius 3 is 1.20 bits per heavy atom. The predicted octanol–water partition coefficient (Wildman–Crippen LogP) is 15.4. The summed E-state index contributed by atoms with van der Waals surface area (Å²) in [7, 11) is 0. The van der Waals surface area contributed by atoms with E-state index in [1.165, 1.54) is 94.8 Å². The van der Waals surface area contributed by atoms with Gasteiger partial charge in [-0.15, -0.1) is 0 Å². The number of nitrogens with zero attached hydrogens (tertiary/aromatic N) is 1. The first-order valence-corrected chi connectivity index (χ1v) is 21.6. The molecule has 0 aromatic heterocycles. The van der Waals surface area contributed by atoms with Gasteiger partial charge in [0.2, 0.25) is 0 Å². The highest BCUT2D eigenvalue weighted by molar-refractivity contribution is 5.90. The van der Waals surface area contributed by atoms with Crippen molar-refractivity contribution in [1.29, 1.82) is 0 Å². The molecular formula is C59H51N. The first-order valence-electron chi connectivity index (χ1n) is 21.6. The molecule has 3 aliphatic carbocycles. The van der Waals surface area contributed by atoms with Crippen LogP contribution in [0.4, 0.5) is 17.1 Å². The quantitative estimate of drug-likeness (QED) is 0.168. The Morgan fingerprint density at radius 2 is 0.733 bits per heavy atom. The van der Waals surface area contributed by atoms with Crippen LogP contribution < -0.4 is 4.90 Å². The Kier molecular flexibility index (Phi) is 7.80. The number of hydrogen-bond donors (Lipinski definition) is 0. The van der Waals surface area contributed by atoms with Gasteiger partial charge in [-0.2, -0.15) is 0 Å². The average Bonchev–Trinajstić information content (AvgIpc) is 3.79. The van der Waals surface area contributed by atoms with Crippen LogP contribution in [0.1, 0.15) is 98.5 Å². The predicted molar refractivity (Wildman–Crippen MR) is 252 cm³/mol. The molecule has 0 unspecified atom stereocenters. The van der Waals surface area contributed by atoms with Crippen molar-refractivity contribution in [2.24, 2.45) is 0 Å². The second-order valence-electron chi connectivity index (χ2n) is 19.4. The van der Waals surface area contributed by atoms with Crippen molar-refractivity contribution >= 4 is 17.1 Å². The summed E-state index contributed by atoms with van der Waals surface area (Å²) >= 11 is 0. The Balaban J connectivity index is 1.22. The van der Waals surface area contributed by atoms with Crippen LogP contribution in [0, 0.1) is 0 Å². The van der Waals surface area contributed by atoms with Crippen LogP contribution in [0.25, 0.3) is 33.4 Å². The SMILES string of the molecule is CC(C)(C)c1cc(N(c2ccc3c(c2)C(C)(C)c2ccccc2-3)c2ccc3c(c2)C(C)(C)c2ccccc2-3)cc(C2(c3ccccc3)c3ccccc3-c3ccccc32)c1. The lowest BCUT2D eigenvalue weighted by Crippen LogP contribution is -2.30. The number of hydrogen-bond acceptors (Lipinski definition) is 1. The van der Waals surface area contributed by atoms with Crippen molar-refractivity contribution in [1.82, 2.24) is 0 Å². The third kappa shape index (κ3) is 5.05. The zero-order valence-corrected chi connectivity index (χ0v) is 35.8. The van der Waals surface area contributed by atoms with Crippen LogP contribution in [-0.4, -0.2) is 0 Å². The van der Waals surface area contributed by atoms with Crippen molar-refractivity contribution < 1.29 is 0 Å². The summed E-state index contributed by atoms with van der Waals surface area (Å²) in [4.78, 5) is 2.56. The zero-order valence-electron chi connectivity index (χ0n) is 35.8. The van der Waals surface area contributed by atoms with Crippen molar-refractivity contribution in [2.75, 3.05) is 4.90 Å². The van der Waals surface area contributed by atoms with Crippen molar-refractivity contribution in [2.45, 2.75) is 70.1 Å². The first-order chi connectivity index (χ1) is 28.9. The summed E-state index contributed by atoms with van der Waals surface area (Å²) in [6.07, 6.45) is 0. The van der Waals surface area contributed by atoms with Crippen LogP contribution >= 0.6 is 0 Å². The Morgan fingerprint density at radius 1 is 0.333 bits per heavy atom. The molecule has 60 heavy (non-hydrogen) atoms. The van der Waals surface area contributed by atoms with Crippen LogP contribution in [0.5, 0.6) is 0 Å². The highest BCUT2D eigenvalue weighted by Crippen LogP contribution is 2.58. The molecule has 0 saturated heterocycles. The molecule has 0 amide bonds. The van der Waals surface area contributed by atoms with Crippen LogP contribution in [0.15, 0.2) is 182 Å². The molecule has 3 aliphatic rings. The molecule has 0 atom stereocenters. The van der Waals surface area contributed by atoms with Gasteiger partial charge in [0.25, 0.3) is 0 Å². The lowest BCUT2D eigenvalue weighted by molar-refractivity contribution is 0.587. The van der Waals surface area contributed by atoms with Gasteiger partial charge in [0, 0.05) is 27.9 Å². The summed E-state index contributed by atoms with van der Waals surface area (Å²) in [5, 5.41) is 0. The van der Waals surface area contributed by atoms with E-state index in [2.05, 4.69) is 235 Å². The Labute approximate surface area is 356 Å². The van der Waals surface area contributed by atoms with Crippen LogP contribution in [0.2, 0.25) is 0 Å². The molecule has 0 spiro atoms. The maximum absolute atomic E-state index is 2.56. The second kappa shape index (κ2) is 12.8. The molecule has 0 aliphatic heterocycles. The number of anilines is 3. The fraction of sp³-hybridized carbons (Fsp3) is 0.186. The van der Waals surface area contributed by atoms with E-state index in [4.69, 9.17) is 0 Å².